The first kappa shape index (κ1) is 35.8. The fraction of sp³-hybridized carbons (Fsp3) is 0. The average molecular weight is 767 g/mol. The molecule has 0 radical (unpaired) electrons. The lowest BCUT2D eigenvalue weighted by Gasteiger charge is -2.17. The number of nitrogens with zero attached hydrogens (tertiary/aromatic N) is 2. The smallest absolute Gasteiger partial charge is 0.298 e. The second-order valence-corrected chi connectivity index (χ2v) is 15.2. The summed E-state index contributed by atoms with van der Waals surface area (Å²) in [6.07, 6.45) is 1.62. The Balaban J connectivity index is 1.25. The first-order chi connectivity index (χ1) is 24.3. The van der Waals surface area contributed by atoms with E-state index in [4.69, 9.17) is 0 Å². The number of phenolic OH excluding ortho intramolecular Hbond substituents is 2. The highest BCUT2D eigenvalue weighted by Gasteiger charge is 2.34. The molecule has 0 aromatic heterocycles. The number of anilines is 2. The zero-order chi connectivity index (χ0) is 37.7. The fourth-order valence-corrected chi connectivity index (χ4v) is 7.07. The van der Waals surface area contributed by atoms with E-state index in [2.05, 4.69) is 21.1 Å². The zero-order valence-electron chi connectivity index (χ0n) is 25.8. The Kier molecular flexibility index (Phi) is 8.90. The van der Waals surface area contributed by atoms with Crippen LogP contribution >= 0.6 is 0 Å². The number of nitrogens with one attached hydrogen (secondary N) is 2. The van der Waals surface area contributed by atoms with Crippen LogP contribution in [0.1, 0.15) is 27.0 Å². The van der Waals surface area contributed by atoms with Gasteiger partial charge < -0.3 is 10.2 Å². The minimum atomic E-state index is -5.10. The Labute approximate surface area is 294 Å². The minimum Gasteiger partial charge on any atom is -0.506 e. The number of hydrogen-bond donors (Lipinski definition) is 7. The van der Waals surface area contributed by atoms with Crippen molar-refractivity contribution in [2.24, 2.45) is 10.2 Å². The SMILES string of the molecule is O=C1C(S(=O)(=O)O)=Cc2cc(S(=O)(=O)O)ccc2C1=NNc1ccc(-c2ccc(NN=C3C=C(S(=O)(=O)O)c4ccccc4C3=O)c(O)c2)cc1O. The summed E-state index contributed by atoms with van der Waals surface area (Å²) >= 11 is 0. The molecule has 0 fully saturated rings. The Bertz CT molecular complexity index is 2720. The van der Waals surface area contributed by atoms with Gasteiger partial charge in [-0.05, 0) is 65.2 Å². The number of carbonyl (C=O) groups excluding carboxylic acids is 2. The molecule has 0 heterocycles. The van der Waals surface area contributed by atoms with Gasteiger partial charge in [0, 0.05) is 16.7 Å². The van der Waals surface area contributed by atoms with Crippen LogP contribution in [0.15, 0.2) is 105 Å². The molecule has 0 atom stereocenters. The second-order valence-electron chi connectivity index (χ2n) is 11.0. The number of hydrogen-bond acceptors (Lipinski definition) is 14. The Morgan fingerprint density at radius 3 is 1.63 bits per heavy atom. The summed E-state index contributed by atoms with van der Waals surface area (Å²) in [6.45, 7) is 0. The predicted molar refractivity (Wildman–Crippen MR) is 188 cm³/mol. The molecule has 4 aromatic rings. The van der Waals surface area contributed by atoms with Crippen molar-refractivity contribution < 1.29 is 58.7 Å². The van der Waals surface area contributed by atoms with Crippen molar-refractivity contribution in [1.29, 1.82) is 0 Å². The van der Waals surface area contributed by atoms with E-state index in [0.717, 1.165) is 30.4 Å². The van der Waals surface area contributed by atoms with Crippen LogP contribution in [0.4, 0.5) is 11.4 Å². The number of benzene rings is 4. The maximum absolute atomic E-state index is 13.0. The lowest BCUT2D eigenvalue weighted by molar-refractivity contribution is -0.109. The van der Waals surface area contributed by atoms with Crippen molar-refractivity contribution in [1.82, 2.24) is 0 Å². The van der Waals surface area contributed by atoms with Crippen molar-refractivity contribution in [2.45, 2.75) is 4.90 Å². The molecule has 0 spiro atoms. The molecule has 17 nitrogen and oxygen atoms in total. The first-order valence-corrected chi connectivity index (χ1v) is 18.7. The average Bonchev–Trinajstić information content (AvgIpc) is 3.06. The number of aromatic hydroxyl groups is 2. The Hall–Kier alpha value is -6.03. The molecule has 2 aliphatic rings. The predicted octanol–water partition coefficient (Wildman–Crippen LogP) is 3.53. The van der Waals surface area contributed by atoms with Crippen molar-refractivity contribution in [3.63, 3.8) is 0 Å². The van der Waals surface area contributed by atoms with Crippen LogP contribution in [0.5, 0.6) is 11.5 Å². The van der Waals surface area contributed by atoms with Crippen LogP contribution < -0.4 is 10.9 Å². The van der Waals surface area contributed by atoms with Crippen molar-refractivity contribution >= 4 is 75.7 Å². The molecular formula is C32H22N4O13S3. The summed E-state index contributed by atoms with van der Waals surface area (Å²) in [5.41, 5.74) is 4.38. The van der Waals surface area contributed by atoms with Gasteiger partial charge in [0.05, 0.1) is 16.3 Å². The van der Waals surface area contributed by atoms with Crippen LogP contribution in [-0.4, -0.2) is 72.1 Å². The van der Waals surface area contributed by atoms with E-state index in [-0.39, 0.29) is 45.1 Å². The Morgan fingerprint density at radius 2 is 1.10 bits per heavy atom. The molecule has 0 amide bonds. The third-order valence-electron chi connectivity index (χ3n) is 7.71. The van der Waals surface area contributed by atoms with Gasteiger partial charge in [-0.3, -0.25) is 34.1 Å². The molecular weight excluding hydrogens is 745 g/mol. The van der Waals surface area contributed by atoms with Gasteiger partial charge in [-0.25, -0.2) is 0 Å². The van der Waals surface area contributed by atoms with Gasteiger partial charge in [-0.2, -0.15) is 35.5 Å². The van der Waals surface area contributed by atoms with Crippen molar-refractivity contribution in [3.8, 4) is 22.6 Å². The van der Waals surface area contributed by atoms with Crippen LogP contribution in [0.2, 0.25) is 0 Å². The molecule has 0 bridgehead atoms. The molecule has 20 heteroatoms. The summed E-state index contributed by atoms with van der Waals surface area (Å²) in [7, 11) is -14.5. The third kappa shape index (κ3) is 6.96. The van der Waals surface area contributed by atoms with Crippen molar-refractivity contribution in [2.75, 3.05) is 10.9 Å². The van der Waals surface area contributed by atoms with E-state index in [1.165, 1.54) is 60.7 Å². The number of hydrazone groups is 2. The largest absolute Gasteiger partial charge is 0.506 e. The summed E-state index contributed by atoms with van der Waals surface area (Å²) in [5.74, 6) is -2.69. The molecule has 7 N–H and O–H groups in total. The first-order valence-electron chi connectivity index (χ1n) is 14.4. The van der Waals surface area contributed by atoms with Gasteiger partial charge >= 0.3 is 0 Å². The van der Waals surface area contributed by atoms with Crippen molar-refractivity contribution in [3.05, 3.63) is 112 Å². The molecule has 52 heavy (non-hydrogen) atoms. The number of Topliss-reactive ketones (excluding diaryl/α,β-unsaturated/α-hetero) is 2. The van der Waals surface area contributed by atoms with Crippen LogP contribution in [0, 0.1) is 0 Å². The van der Waals surface area contributed by atoms with Gasteiger partial charge in [0.15, 0.2) is 0 Å². The maximum atomic E-state index is 13.0. The number of ketones is 2. The molecule has 2 aliphatic carbocycles. The molecule has 4 aromatic carbocycles. The normalized spacial score (nSPS) is 16.2. The van der Waals surface area contributed by atoms with Gasteiger partial charge in [-0.1, -0.05) is 42.5 Å². The molecule has 0 unspecified atom stereocenters. The van der Waals surface area contributed by atoms with E-state index in [1.807, 2.05) is 0 Å². The zero-order valence-corrected chi connectivity index (χ0v) is 28.2. The van der Waals surface area contributed by atoms with Gasteiger partial charge in [0.25, 0.3) is 30.4 Å². The monoisotopic (exact) mass is 766 g/mol. The molecule has 0 saturated heterocycles. The lowest BCUT2D eigenvalue weighted by atomic mass is 9.94. The summed E-state index contributed by atoms with van der Waals surface area (Å²) in [6, 6.07) is 16.9. The fourth-order valence-electron chi connectivity index (χ4n) is 5.23. The molecule has 266 valence electrons. The molecule has 6 rings (SSSR count). The van der Waals surface area contributed by atoms with Crippen LogP contribution in [0.25, 0.3) is 22.1 Å². The summed E-state index contributed by atoms with van der Waals surface area (Å²) < 4.78 is 99.6. The number of allylic oxidation sites excluding steroid dienone is 2. The second kappa shape index (κ2) is 12.9. The van der Waals surface area contributed by atoms with E-state index in [9.17, 15) is 58.7 Å². The van der Waals surface area contributed by atoms with E-state index < -0.39 is 68.1 Å². The quantitative estimate of drug-likeness (QED) is 0.0767. The van der Waals surface area contributed by atoms with Crippen LogP contribution in [0.3, 0.4) is 0 Å². The Morgan fingerprint density at radius 1 is 0.538 bits per heavy atom. The number of phenols is 2. The highest BCUT2D eigenvalue weighted by Crippen LogP contribution is 2.35. The highest BCUT2D eigenvalue weighted by molar-refractivity contribution is 7.95. The van der Waals surface area contributed by atoms with E-state index in [1.54, 1.807) is 0 Å². The highest BCUT2D eigenvalue weighted by atomic mass is 32.2. The molecule has 0 aliphatic heterocycles. The topological polar surface area (TPSA) is 286 Å². The van der Waals surface area contributed by atoms with Crippen LogP contribution in [-0.2, 0) is 35.1 Å². The minimum absolute atomic E-state index is 0.00231. The lowest BCUT2D eigenvalue weighted by Crippen LogP contribution is -2.27. The standard InChI is InChI=1S/C32H22N4O13S3/c37-26-12-16(5-9-23(26)33-35-25-15-28(51(44,45)46)21-3-1-2-4-22(21)31(25)39)17-6-10-24(27(38)13-17)34-36-30-20-8-7-19(50(41,42)43)11-18(20)14-29(32(30)40)52(47,48)49/h1-15,33-34,37-38H,(H,41,42,43)(H,44,45,46)(H,47,48,49). The summed E-state index contributed by atoms with van der Waals surface area (Å²) in [4.78, 5) is 23.6. The van der Waals surface area contributed by atoms with Gasteiger partial charge in [0.1, 0.15) is 32.7 Å². The van der Waals surface area contributed by atoms with E-state index >= 15 is 0 Å². The number of rotatable bonds is 8. The number of carbonyl (C=O) groups is 2. The molecule has 0 saturated carbocycles. The summed E-state index contributed by atoms with van der Waals surface area (Å²) in [5, 5.41) is 29.2. The third-order valence-corrected chi connectivity index (χ3v) is 10.3. The number of fused-ring (bicyclic) bond motifs is 2. The maximum Gasteiger partial charge on any atom is 0.298 e. The van der Waals surface area contributed by atoms with Gasteiger partial charge in [-0.15, -0.1) is 0 Å². The van der Waals surface area contributed by atoms with Gasteiger partial charge in [0.2, 0.25) is 11.6 Å². The van der Waals surface area contributed by atoms with E-state index in [0.29, 0.717) is 11.1 Å².